The summed E-state index contributed by atoms with van der Waals surface area (Å²) in [6.45, 7) is 0.245. The standard InChI is InChI=1S/C15H18N4OS/c1-18(2)14(20)9-19(3)13-8-11(15(16)21)10-6-4-5-7-12(10)17-13/h4-8H,9H2,1-3H3,(H2,16,21). The normalized spacial score (nSPS) is 10.4. The van der Waals surface area contributed by atoms with Gasteiger partial charge in [-0.05, 0) is 12.1 Å². The number of para-hydroxylation sites is 1. The van der Waals surface area contributed by atoms with E-state index in [2.05, 4.69) is 4.98 Å². The number of nitrogens with two attached hydrogens (primary N) is 1. The van der Waals surface area contributed by atoms with Gasteiger partial charge in [0.05, 0.1) is 12.1 Å². The molecule has 1 aromatic heterocycles. The molecule has 0 radical (unpaired) electrons. The lowest BCUT2D eigenvalue weighted by Gasteiger charge is -2.21. The van der Waals surface area contributed by atoms with Crippen molar-refractivity contribution in [2.24, 2.45) is 5.73 Å². The minimum atomic E-state index is 0.00401. The summed E-state index contributed by atoms with van der Waals surface area (Å²) < 4.78 is 0. The first-order valence-electron chi connectivity index (χ1n) is 6.51. The van der Waals surface area contributed by atoms with E-state index in [9.17, 15) is 4.79 Å². The Labute approximate surface area is 129 Å². The average molecular weight is 302 g/mol. The fourth-order valence-corrected chi connectivity index (χ4v) is 2.16. The van der Waals surface area contributed by atoms with Crippen LogP contribution in [0.4, 0.5) is 5.82 Å². The first-order valence-corrected chi connectivity index (χ1v) is 6.92. The van der Waals surface area contributed by atoms with E-state index in [1.807, 2.05) is 37.4 Å². The Balaban J connectivity index is 2.45. The summed E-state index contributed by atoms with van der Waals surface area (Å²) in [6.07, 6.45) is 0. The van der Waals surface area contributed by atoms with E-state index in [1.165, 1.54) is 0 Å². The van der Waals surface area contributed by atoms with Crippen LogP contribution in [0.1, 0.15) is 5.56 Å². The number of carbonyl (C=O) groups is 1. The summed E-state index contributed by atoms with van der Waals surface area (Å²) in [5.41, 5.74) is 7.39. The van der Waals surface area contributed by atoms with Gasteiger partial charge in [0.1, 0.15) is 10.8 Å². The number of amides is 1. The quantitative estimate of drug-likeness (QED) is 0.865. The van der Waals surface area contributed by atoms with E-state index < -0.39 is 0 Å². The van der Waals surface area contributed by atoms with E-state index in [0.717, 1.165) is 16.5 Å². The van der Waals surface area contributed by atoms with Crippen molar-refractivity contribution in [3.05, 3.63) is 35.9 Å². The Bertz CT molecular complexity index is 699. The lowest BCUT2D eigenvalue weighted by atomic mass is 10.1. The van der Waals surface area contributed by atoms with Crippen molar-refractivity contribution in [1.29, 1.82) is 0 Å². The van der Waals surface area contributed by atoms with Gasteiger partial charge in [0.25, 0.3) is 0 Å². The highest BCUT2D eigenvalue weighted by Crippen LogP contribution is 2.22. The molecule has 21 heavy (non-hydrogen) atoms. The van der Waals surface area contributed by atoms with E-state index in [0.29, 0.717) is 10.8 Å². The van der Waals surface area contributed by atoms with Crippen molar-refractivity contribution < 1.29 is 4.79 Å². The molecule has 2 rings (SSSR count). The van der Waals surface area contributed by atoms with Gasteiger partial charge in [-0.15, -0.1) is 0 Å². The molecule has 0 aliphatic rings. The fourth-order valence-electron chi connectivity index (χ4n) is 1.99. The Morgan fingerprint density at radius 2 is 1.95 bits per heavy atom. The molecule has 0 fully saturated rings. The van der Waals surface area contributed by atoms with Gasteiger partial charge in [-0.3, -0.25) is 4.79 Å². The van der Waals surface area contributed by atoms with Gasteiger partial charge in [-0.2, -0.15) is 0 Å². The molecule has 0 atom stereocenters. The van der Waals surface area contributed by atoms with Crippen molar-refractivity contribution in [3.8, 4) is 0 Å². The van der Waals surface area contributed by atoms with Crippen LogP contribution in [0.3, 0.4) is 0 Å². The number of benzene rings is 1. The van der Waals surface area contributed by atoms with Crippen LogP contribution in [0.25, 0.3) is 10.9 Å². The number of likely N-dealkylation sites (N-methyl/N-ethyl adjacent to an activating group) is 2. The molecule has 0 aliphatic heterocycles. The molecule has 1 heterocycles. The second-order valence-corrected chi connectivity index (χ2v) is 5.49. The molecule has 0 spiro atoms. The monoisotopic (exact) mass is 302 g/mol. The summed E-state index contributed by atoms with van der Waals surface area (Å²) in [5.74, 6) is 0.677. The van der Waals surface area contributed by atoms with Crippen molar-refractivity contribution in [1.82, 2.24) is 9.88 Å². The summed E-state index contributed by atoms with van der Waals surface area (Å²) in [5, 5.41) is 0.918. The highest BCUT2D eigenvalue weighted by atomic mass is 32.1. The maximum absolute atomic E-state index is 11.8. The highest BCUT2D eigenvalue weighted by molar-refractivity contribution is 7.80. The fraction of sp³-hybridized carbons (Fsp3) is 0.267. The molecule has 2 N–H and O–H groups in total. The molecule has 0 saturated carbocycles. The number of nitrogens with zero attached hydrogens (tertiary/aromatic N) is 3. The maximum atomic E-state index is 11.8. The maximum Gasteiger partial charge on any atom is 0.241 e. The van der Waals surface area contributed by atoms with Crippen molar-refractivity contribution in [2.45, 2.75) is 0 Å². The molecular weight excluding hydrogens is 284 g/mol. The first-order chi connectivity index (χ1) is 9.90. The second-order valence-electron chi connectivity index (χ2n) is 5.05. The Kier molecular flexibility index (Phi) is 4.37. The molecule has 2 aromatic rings. The number of hydrogen-bond acceptors (Lipinski definition) is 4. The smallest absolute Gasteiger partial charge is 0.241 e. The van der Waals surface area contributed by atoms with Crippen LogP contribution in [0, 0.1) is 0 Å². The van der Waals surface area contributed by atoms with Crippen LogP contribution >= 0.6 is 12.2 Å². The molecule has 0 saturated heterocycles. The Hall–Kier alpha value is -2.21. The van der Waals surface area contributed by atoms with Gasteiger partial charge >= 0.3 is 0 Å². The third-order valence-corrected chi connectivity index (χ3v) is 3.45. The van der Waals surface area contributed by atoms with Gasteiger partial charge in [0.15, 0.2) is 0 Å². The summed E-state index contributed by atoms with van der Waals surface area (Å²) in [7, 11) is 5.27. The molecule has 6 heteroatoms. The first kappa shape index (κ1) is 15.2. The largest absolute Gasteiger partial charge is 0.389 e. The summed E-state index contributed by atoms with van der Waals surface area (Å²) in [4.78, 5) is 20.0. The molecule has 0 aliphatic carbocycles. The lowest BCUT2D eigenvalue weighted by molar-refractivity contribution is -0.127. The molecule has 0 bridgehead atoms. The molecule has 0 unspecified atom stereocenters. The number of aromatic nitrogens is 1. The highest BCUT2D eigenvalue weighted by Gasteiger charge is 2.13. The number of fused-ring (bicyclic) bond motifs is 1. The minimum Gasteiger partial charge on any atom is -0.389 e. The van der Waals surface area contributed by atoms with Gasteiger partial charge in [-0.1, -0.05) is 30.4 Å². The molecule has 5 nitrogen and oxygen atoms in total. The van der Waals surface area contributed by atoms with Crippen molar-refractivity contribution >= 4 is 39.8 Å². The molecule has 1 amide bonds. The number of anilines is 1. The zero-order valence-electron chi connectivity index (χ0n) is 12.3. The third-order valence-electron chi connectivity index (χ3n) is 3.23. The number of rotatable bonds is 4. The van der Waals surface area contributed by atoms with E-state index in [4.69, 9.17) is 18.0 Å². The summed E-state index contributed by atoms with van der Waals surface area (Å²) >= 11 is 5.12. The molecule has 1 aromatic carbocycles. The zero-order chi connectivity index (χ0) is 15.6. The van der Waals surface area contributed by atoms with Crippen LogP contribution in [-0.4, -0.2) is 48.5 Å². The number of hydrogen-bond donors (Lipinski definition) is 1. The van der Waals surface area contributed by atoms with Crippen molar-refractivity contribution in [2.75, 3.05) is 32.6 Å². The van der Waals surface area contributed by atoms with Crippen LogP contribution in [0.2, 0.25) is 0 Å². The number of pyridine rings is 1. The average Bonchev–Trinajstić information content (AvgIpc) is 2.45. The van der Waals surface area contributed by atoms with Crippen LogP contribution in [-0.2, 0) is 4.79 Å². The Morgan fingerprint density at radius 1 is 1.29 bits per heavy atom. The number of carbonyl (C=O) groups excluding carboxylic acids is 1. The Morgan fingerprint density at radius 3 is 2.57 bits per heavy atom. The number of thiocarbonyl (C=S) groups is 1. The van der Waals surface area contributed by atoms with Crippen LogP contribution < -0.4 is 10.6 Å². The third kappa shape index (κ3) is 3.28. The van der Waals surface area contributed by atoms with Crippen LogP contribution in [0.15, 0.2) is 30.3 Å². The van der Waals surface area contributed by atoms with E-state index in [-0.39, 0.29) is 12.5 Å². The predicted octanol–water partition coefficient (Wildman–Crippen LogP) is 1.39. The molecule has 110 valence electrons. The predicted molar refractivity (Wildman–Crippen MR) is 89.6 cm³/mol. The van der Waals surface area contributed by atoms with Gasteiger partial charge in [0, 0.05) is 32.1 Å². The van der Waals surface area contributed by atoms with Crippen molar-refractivity contribution in [3.63, 3.8) is 0 Å². The van der Waals surface area contributed by atoms with E-state index in [1.54, 1.807) is 23.9 Å². The van der Waals surface area contributed by atoms with Gasteiger partial charge < -0.3 is 15.5 Å². The van der Waals surface area contributed by atoms with Crippen LogP contribution in [0.5, 0.6) is 0 Å². The topological polar surface area (TPSA) is 62.5 Å². The lowest BCUT2D eigenvalue weighted by Crippen LogP contribution is -2.34. The van der Waals surface area contributed by atoms with Gasteiger partial charge in [0.2, 0.25) is 5.91 Å². The zero-order valence-corrected chi connectivity index (χ0v) is 13.1. The SMILES string of the molecule is CN(C)C(=O)CN(C)c1cc(C(N)=S)c2ccccc2n1. The van der Waals surface area contributed by atoms with Gasteiger partial charge in [-0.25, -0.2) is 4.98 Å². The van der Waals surface area contributed by atoms with E-state index >= 15 is 0 Å². The second kappa shape index (κ2) is 6.05. The minimum absolute atomic E-state index is 0.00401. The molecular formula is C15H18N4OS. The summed E-state index contributed by atoms with van der Waals surface area (Å²) in [6, 6.07) is 9.50.